The molecule has 2 amide bonds. The van der Waals surface area contributed by atoms with Crippen LogP contribution in [0.15, 0.2) is 71.6 Å². The Balaban J connectivity index is 0.00000342. The van der Waals surface area contributed by atoms with Gasteiger partial charge in [-0.25, -0.2) is 22.3 Å². The number of carbonyl (C=O) groups excluding carboxylic acids is 1. The molecule has 7 nitrogen and oxygen atoms in total. The van der Waals surface area contributed by atoms with E-state index in [1.54, 1.807) is 18.2 Å². The molecule has 1 heterocycles. The summed E-state index contributed by atoms with van der Waals surface area (Å²) in [6.45, 7) is 4.19. The Kier molecular flexibility index (Phi) is 8.82. The van der Waals surface area contributed by atoms with Gasteiger partial charge in [0, 0.05) is 41.8 Å². The maximum absolute atomic E-state index is 13.8. The molecule has 0 fully saturated rings. The van der Waals surface area contributed by atoms with Crippen LogP contribution >= 0.6 is 0 Å². The van der Waals surface area contributed by atoms with Gasteiger partial charge in [0.25, 0.3) is 10.0 Å². The van der Waals surface area contributed by atoms with Crippen LogP contribution in [0, 0.1) is 12.7 Å². The molecular weight excluding hydrogens is 478 g/mol. The van der Waals surface area contributed by atoms with Crippen LogP contribution in [0.2, 0.25) is 0 Å². The van der Waals surface area contributed by atoms with Crippen molar-refractivity contribution in [3.05, 3.63) is 83.7 Å². The fraction of sp³-hybridized carbons (Fsp3) is 0.240. The van der Waals surface area contributed by atoms with Gasteiger partial charge in [0.15, 0.2) is 0 Å². The number of halogens is 1. The molecule has 0 saturated heterocycles. The number of sulfonamides is 1. The van der Waals surface area contributed by atoms with Crippen molar-refractivity contribution in [2.75, 3.05) is 16.8 Å². The number of carbonyl (C=O) groups is 1. The molecule has 35 heavy (non-hydrogen) atoms. The van der Waals surface area contributed by atoms with E-state index in [0.29, 0.717) is 6.42 Å². The summed E-state index contributed by atoms with van der Waals surface area (Å²) in [6.07, 6.45) is 1.39. The van der Waals surface area contributed by atoms with Gasteiger partial charge in [-0.05, 0) is 67.8 Å². The minimum absolute atomic E-state index is 0. The van der Waals surface area contributed by atoms with Crippen LogP contribution in [0.25, 0.3) is 0 Å². The van der Waals surface area contributed by atoms with E-state index in [9.17, 15) is 17.6 Å². The molecule has 3 aromatic carbocycles. The molecule has 1 unspecified atom stereocenters. The van der Waals surface area contributed by atoms with Gasteiger partial charge in [-0.1, -0.05) is 36.8 Å². The Labute approximate surface area is 227 Å². The number of amides is 2. The minimum Gasteiger partial charge on any atom is -0.363 e. The first kappa shape index (κ1) is 27.0. The zero-order valence-electron chi connectivity index (χ0n) is 20.0. The van der Waals surface area contributed by atoms with Crippen molar-refractivity contribution in [1.29, 1.82) is 0 Å². The Morgan fingerprint density at radius 3 is 2.40 bits per heavy atom. The Hall–Kier alpha value is -2.59. The number of urea groups is 1. The number of fused-ring (bicyclic) bond motifs is 1. The molecule has 0 saturated carbocycles. The first-order valence-corrected chi connectivity index (χ1v) is 12.6. The zero-order valence-corrected chi connectivity index (χ0v) is 22.8. The number of hydrogen-bond acceptors (Lipinski definition) is 5. The largest absolute Gasteiger partial charge is 0.363 e. The molecule has 1 aliphatic heterocycles. The van der Waals surface area contributed by atoms with E-state index in [0.717, 1.165) is 34.6 Å². The summed E-state index contributed by atoms with van der Waals surface area (Å²) in [7, 11) is -3.92. The number of benzene rings is 3. The number of aryl methyl sites for hydroxylation is 1. The number of nitrogens with one attached hydrogen (secondary N) is 3. The average Bonchev–Trinajstić information content (AvgIpc) is 3.17. The molecule has 1 atom stereocenters. The van der Waals surface area contributed by atoms with E-state index in [-0.39, 0.29) is 53.0 Å². The molecule has 4 rings (SSSR count). The van der Waals surface area contributed by atoms with Crippen molar-refractivity contribution in [3.8, 4) is 0 Å². The summed E-state index contributed by atoms with van der Waals surface area (Å²) in [5.74, 6) is -0.285. The van der Waals surface area contributed by atoms with Crippen molar-refractivity contribution in [2.24, 2.45) is 0 Å². The summed E-state index contributed by atoms with van der Waals surface area (Å²) in [5, 5.41) is 5.99. The van der Waals surface area contributed by atoms with Crippen molar-refractivity contribution in [2.45, 2.75) is 37.8 Å². The van der Waals surface area contributed by atoms with Gasteiger partial charge < -0.3 is 15.5 Å². The molecule has 1 radical (unpaired) electrons. The molecule has 0 spiro atoms. The summed E-state index contributed by atoms with van der Waals surface area (Å²) in [4.78, 5) is 14.2. The topological polar surface area (TPSA) is 90.5 Å². The maximum atomic E-state index is 13.8. The van der Waals surface area contributed by atoms with E-state index in [1.165, 1.54) is 24.3 Å². The van der Waals surface area contributed by atoms with Crippen LogP contribution in [0.3, 0.4) is 0 Å². The predicted molar refractivity (Wildman–Crippen MR) is 137 cm³/mol. The predicted octanol–water partition coefficient (Wildman–Crippen LogP) is 4.28. The van der Waals surface area contributed by atoms with Gasteiger partial charge in [0.2, 0.25) is 0 Å². The first-order chi connectivity index (χ1) is 16.3. The van der Waals surface area contributed by atoms with Crippen LogP contribution < -0.4 is 20.3 Å². The van der Waals surface area contributed by atoms with Gasteiger partial charge in [-0.3, -0.25) is 0 Å². The van der Waals surface area contributed by atoms with Crippen LogP contribution in [0.4, 0.5) is 26.2 Å². The molecule has 179 valence electrons. The normalized spacial score (nSPS) is 14.5. The van der Waals surface area contributed by atoms with Crippen LogP contribution in [-0.2, 0) is 16.4 Å². The monoisotopic (exact) mass is 505 g/mol. The Morgan fingerprint density at radius 2 is 1.74 bits per heavy atom. The second kappa shape index (κ2) is 11.4. The average molecular weight is 506 g/mol. The molecule has 0 aromatic heterocycles. The minimum atomic E-state index is -3.92. The first-order valence-electron chi connectivity index (χ1n) is 11.1. The van der Waals surface area contributed by atoms with Gasteiger partial charge in [-0.2, -0.15) is 0 Å². The summed E-state index contributed by atoms with van der Waals surface area (Å²) >= 11 is 0. The molecule has 3 N–H and O–H groups in total. The van der Waals surface area contributed by atoms with Crippen LogP contribution in [0.1, 0.15) is 24.5 Å². The van der Waals surface area contributed by atoms with Crippen molar-refractivity contribution >= 4 is 62.7 Å². The number of rotatable bonds is 7. The molecule has 0 bridgehead atoms. The Morgan fingerprint density at radius 1 is 1.06 bits per heavy atom. The van der Waals surface area contributed by atoms with E-state index < -0.39 is 16.1 Å². The molecule has 10 heteroatoms. The van der Waals surface area contributed by atoms with Gasteiger partial charge in [0.1, 0.15) is 12.0 Å². The zero-order chi connectivity index (χ0) is 24.3. The SMILES string of the molecule is CCC1Nc2ccc(F)cc2N1c1ccc(CCNC(=O)NS(=O)(=O)c2ccc(C)cc2)cc1.[Na]. The van der Waals surface area contributed by atoms with Gasteiger partial charge in [-0.15, -0.1) is 0 Å². The van der Waals surface area contributed by atoms with Crippen LogP contribution in [0.5, 0.6) is 0 Å². The third kappa shape index (κ3) is 6.35. The van der Waals surface area contributed by atoms with Crippen molar-refractivity contribution < 1.29 is 17.6 Å². The third-order valence-electron chi connectivity index (χ3n) is 5.71. The molecule has 1 aliphatic rings. The standard InChI is InChI=1S/C25H27FN4O3S.Na/c1-3-24-28-22-13-8-19(26)16-23(22)30(24)20-9-6-18(7-10-20)14-15-27-25(31)29-34(32,33)21-11-4-17(2)5-12-21;/h4-13,16,24,28H,3,14-15H2,1-2H3,(H2,27,29,31);. The third-order valence-corrected chi connectivity index (χ3v) is 7.06. The van der Waals surface area contributed by atoms with E-state index in [1.807, 2.05) is 35.9 Å². The smallest absolute Gasteiger partial charge is 0.328 e. The van der Waals surface area contributed by atoms with Gasteiger partial charge >= 0.3 is 6.03 Å². The summed E-state index contributed by atoms with van der Waals surface area (Å²) < 4.78 is 40.5. The van der Waals surface area contributed by atoms with E-state index in [2.05, 4.69) is 22.5 Å². The Bertz CT molecular complexity index is 1290. The van der Waals surface area contributed by atoms with E-state index in [4.69, 9.17) is 0 Å². The summed E-state index contributed by atoms with van der Waals surface area (Å²) in [5.41, 5.74) is 4.53. The molecule has 0 aliphatic carbocycles. The van der Waals surface area contributed by atoms with Gasteiger partial charge in [0.05, 0.1) is 16.3 Å². The number of nitrogens with zero attached hydrogens (tertiary/aromatic N) is 1. The van der Waals surface area contributed by atoms with Crippen LogP contribution in [-0.4, -0.2) is 56.7 Å². The fourth-order valence-electron chi connectivity index (χ4n) is 3.92. The molecule has 3 aromatic rings. The van der Waals surface area contributed by atoms with Crippen molar-refractivity contribution in [3.63, 3.8) is 0 Å². The van der Waals surface area contributed by atoms with Crippen molar-refractivity contribution in [1.82, 2.24) is 10.0 Å². The maximum Gasteiger partial charge on any atom is 0.328 e. The van der Waals surface area contributed by atoms with E-state index >= 15 is 0 Å². The second-order valence-electron chi connectivity index (χ2n) is 8.19. The quantitative estimate of drug-likeness (QED) is 0.417. The number of hydrogen-bond donors (Lipinski definition) is 3. The summed E-state index contributed by atoms with van der Waals surface area (Å²) in [6, 6.07) is 18.0. The molecular formula is C25H27FN4NaO3S. The number of anilines is 3. The fourth-order valence-corrected chi connectivity index (χ4v) is 4.85. The second-order valence-corrected chi connectivity index (χ2v) is 9.87.